The summed E-state index contributed by atoms with van der Waals surface area (Å²) in [6.07, 6.45) is 0. The van der Waals surface area contributed by atoms with E-state index in [-0.39, 0.29) is 78.3 Å². The van der Waals surface area contributed by atoms with E-state index >= 15 is 0 Å². The molecule has 0 aromatic heterocycles. The van der Waals surface area contributed by atoms with Crippen molar-refractivity contribution in [3.8, 4) is 0 Å². The molecule has 46 heavy (non-hydrogen) atoms. The minimum absolute atomic E-state index is 0. The molecule has 0 saturated heterocycles. The Morgan fingerprint density at radius 2 is 1.04 bits per heavy atom. The second-order valence-corrected chi connectivity index (χ2v) is 11.1. The van der Waals surface area contributed by atoms with Crippen LogP contribution in [-0.4, -0.2) is 100 Å². The normalized spacial score (nSPS) is 10.0. The second kappa shape index (κ2) is 38.4. The van der Waals surface area contributed by atoms with Gasteiger partial charge in [-0.15, -0.1) is 23.2 Å². The Kier molecular flexibility index (Phi) is 47.8. The fraction of sp³-hybridized carbons (Fsp3) is 0.889. The first-order valence-electron chi connectivity index (χ1n) is 13.9. The number of rotatable bonds is 18. The molecule has 0 bridgehead atoms. The van der Waals surface area contributed by atoms with Crippen LogP contribution in [-0.2, 0) is 38.1 Å². The molecule has 19 heteroatoms. The van der Waals surface area contributed by atoms with Gasteiger partial charge in [0.15, 0.2) is 0 Å². The number of nitrogens with zero attached hydrogens (tertiary/aromatic N) is 6. The molecule has 0 fully saturated rings. The fourth-order valence-corrected chi connectivity index (χ4v) is 2.02. The first-order valence-corrected chi connectivity index (χ1v) is 15.4. The zero-order valence-electron chi connectivity index (χ0n) is 29.0. The van der Waals surface area contributed by atoms with Crippen molar-refractivity contribution in [1.29, 1.82) is 0 Å². The predicted molar refractivity (Wildman–Crippen MR) is 176 cm³/mol. The smallest absolute Gasteiger partial charge is 0.463 e. The number of hydrogen-bond donors (Lipinski definition) is 1. The molecule has 1 N–H and O–H groups in total. The third-order valence-corrected chi connectivity index (χ3v) is 6.45. The molecule has 0 rings (SSSR count). The van der Waals surface area contributed by atoms with Gasteiger partial charge in [-0.1, -0.05) is 19.0 Å². The van der Waals surface area contributed by atoms with E-state index in [2.05, 4.69) is 10.0 Å². The molecule has 0 aliphatic rings. The van der Waals surface area contributed by atoms with Gasteiger partial charge >= 0.3 is 41.5 Å². The molecule has 0 aromatic rings. The van der Waals surface area contributed by atoms with Crippen molar-refractivity contribution in [2.75, 3.05) is 77.8 Å². The number of esters is 2. The number of halogens is 3. The Morgan fingerprint density at radius 1 is 0.696 bits per heavy atom. The van der Waals surface area contributed by atoms with E-state index in [4.69, 9.17) is 80.2 Å². The van der Waals surface area contributed by atoms with Crippen molar-refractivity contribution < 1.29 is 72.7 Å². The third-order valence-electron chi connectivity index (χ3n) is 4.60. The van der Waals surface area contributed by atoms with Gasteiger partial charge in [0.05, 0.1) is 42.7 Å². The quantitative estimate of drug-likeness (QED) is 0.0317. The van der Waals surface area contributed by atoms with Gasteiger partial charge in [0.1, 0.15) is 13.2 Å². The largest absolute Gasteiger partial charge is 1.00 e. The maximum atomic E-state index is 11.5. The van der Waals surface area contributed by atoms with Gasteiger partial charge in [-0.05, 0) is 65.6 Å². The zero-order chi connectivity index (χ0) is 36.4. The Hall–Kier alpha value is -1.06. The summed E-state index contributed by atoms with van der Waals surface area (Å²) >= 11 is 16.1. The molecular formula is C27H52Cl3N6NaO9. The first-order chi connectivity index (χ1) is 20.9. The Balaban J connectivity index is -0.000000117. The number of carbonyl (C=O) groups excluding carboxylic acids is 3. The number of azide groups is 1. The van der Waals surface area contributed by atoms with E-state index < -0.39 is 16.2 Å². The molecular weight excluding hydrogens is 682 g/mol. The van der Waals surface area contributed by atoms with Crippen molar-refractivity contribution in [2.45, 2.75) is 62.3 Å². The third kappa shape index (κ3) is 41.0. The SMILES string of the molecule is CC(C)(CCl)C(=O)Cl.CCOCCO.CCOCCOC(=O)C(C)(C)CCl.CCOCCOC(=O)C(C)(C)CN=[N+]=[N-].[N-]=[N+]=[N-].[Na+]. The summed E-state index contributed by atoms with van der Waals surface area (Å²) < 4.78 is 24.7. The van der Waals surface area contributed by atoms with Gasteiger partial charge in [-0.3, -0.25) is 19.3 Å². The van der Waals surface area contributed by atoms with Crippen molar-refractivity contribution in [3.05, 3.63) is 26.4 Å². The topological polar surface area (TPSA) is 225 Å². The summed E-state index contributed by atoms with van der Waals surface area (Å²) in [5.74, 6) is -0.118. The van der Waals surface area contributed by atoms with Crippen molar-refractivity contribution in [1.82, 2.24) is 0 Å². The van der Waals surface area contributed by atoms with Gasteiger partial charge in [-0.25, -0.2) is 0 Å². The Bertz CT molecular complexity index is 842. The number of ether oxygens (including phenoxy) is 5. The maximum absolute atomic E-state index is 11.5. The predicted octanol–water partition coefficient (Wildman–Crippen LogP) is 3.64. The molecule has 15 nitrogen and oxygen atoms in total. The van der Waals surface area contributed by atoms with Crippen LogP contribution in [0.2, 0.25) is 0 Å². The number of aliphatic hydroxyl groups excluding tert-OH is 1. The van der Waals surface area contributed by atoms with E-state index in [1.807, 2.05) is 20.8 Å². The Morgan fingerprint density at radius 3 is 1.28 bits per heavy atom. The van der Waals surface area contributed by atoms with Crippen LogP contribution in [0.1, 0.15) is 62.3 Å². The molecule has 0 saturated carbocycles. The van der Waals surface area contributed by atoms with Gasteiger partial charge in [-0.2, -0.15) is 0 Å². The number of hydrogen-bond acceptors (Lipinski definition) is 10. The van der Waals surface area contributed by atoms with Crippen LogP contribution in [0.4, 0.5) is 0 Å². The summed E-state index contributed by atoms with van der Waals surface area (Å²) in [5.41, 5.74) is 19.7. The van der Waals surface area contributed by atoms with E-state index in [1.165, 1.54) is 4.91 Å². The van der Waals surface area contributed by atoms with Crippen LogP contribution in [0.5, 0.6) is 0 Å². The van der Waals surface area contributed by atoms with Gasteiger partial charge < -0.3 is 39.9 Å². The summed E-state index contributed by atoms with van der Waals surface area (Å²) in [7, 11) is 0. The van der Waals surface area contributed by atoms with Crippen molar-refractivity contribution in [3.63, 3.8) is 0 Å². The summed E-state index contributed by atoms with van der Waals surface area (Å²) in [6, 6.07) is 0. The molecule has 0 aliphatic carbocycles. The van der Waals surface area contributed by atoms with Crippen LogP contribution in [0.25, 0.3) is 26.4 Å². The molecule has 0 aromatic carbocycles. The summed E-state index contributed by atoms with van der Waals surface area (Å²) in [4.78, 5) is 37.3. The molecule has 0 amide bonds. The number of carbonyl (C=O) groups is 3. The van der Waals surface area contributed by atoms with Gasteiger partial charge in [0, 0.05) is 43.0 Å². The fourth-order valence-electron chi connectivity index (χ4n) is 1.65. The molecule has 266 valence electrons. The van der Waals surface area contributed by atoms with E-state index in [0.717, 1.165) is 0 Å². The van der Waals surface area contributed by atoms with E-state index in [0.29, 0.717) is 46.2 Å². The zero-order valence-corrected chi connectivity index (χ0v) is 33.3. The molecule has 0 spiro atoms. The Labute approximate surface area is 310 Å². The average molecular weight is 734 g/mol. The molecule has 0 radical (unpaired) electrons. The van der Waals surface area contributed by atoms with E-state index in [9.17, 15) is 14.4 Å². The first kappa shape index (κ1) is 57.2. The number of aliphatic hydroxyl groups is 1. The van der Waals surface area contributed by atoms with Crippen LogP contribution >= 0.6 is 34.8 Å². The van der Waals surface area contributed by atoms with Crippen LogP contribution in [0.15, 0.2) is 5.11 Å². The average Bonchev–Trinajstić information content (AvgIpc) is 3.00. The molecule has 0 atom stereocenters. The van der Waals surface area contributed by atoms with E-state index in [1.54, 1.807) is 41.5 Å². The van der Waals surface area contributed by atoms with Crippen molar-refractivity contribution in [2.24, 2.45) is 21.4 Å². The molecule has 0 aliphatic heterocycles. The minimum atomic E-state index is -0.779. The summed E-state index contributed by atoms with van der Waals surface area (Å²) in [5, 5.41) is 11.0. The number of alkyl halides is 2. The van der Waals surface area contributed by atoms with Gasteiger partial charge in [0.25, 0.3) is 0 Å². The maximum Gasteiger partial charge on any atom is 1.00 e. The second-order valence-electron chi connectivity index (χ2n) is 10.3. The summed E-state index contributed by atoms with van der Waals surface area (Å²) in [6.45, 7) is 19.9. The van der Waals surface area contributed by atoms with Gasteiger partial charge in [0.2, 0.25) is 5.24 Å². The molecule has 0 heterocycles. The van der Waals surface area contributed by atoms with Crippen LogP contribution < -0.4 is 29.6 Å². The standard InChI is InChI=1S/C9H17ClO3.C9H17N3O3.C5H8Cl2O.C4H10O2.N3.Na/c1-4-12-5-6-13-8(11)9(2,3)7-10;1-4-14-5-6-15-8(13)9(2,3)7-11-12-10;1-5(2,3-6)4(7)8;1-2-6-4-3-5;1-3-2;/h4-7H2,1-3H3;4-7H2,1-3H3;3H2,1-2H3;5H,2-4H2,1H3;;/q;;;;-1;+1. The minimum Gasteiger partial charge on any atom is -0.463 e. The van der Waals surface area contributed by atoms with Crippen LogP contribution in [0, 0.1) is 16.2 Å². The monoisotopic (exact) mass is 732 g/mol. The van der Waals surface area contributed by atoms with Crippen LogP contribution in [0.3, 0.4) is 0 Å². The molecule has 0 unspecified atom stereocenters. The van der Waals surface area contributed by atoms with Crippen molar-refractivity contribution >= 4 is 52.0 Å².